The molecule has 0 bridgehead atoms. The molecule has 0 spiro atoms. The number of carboxylic acids is 1. The zero-order valence-corrected chi connectivity index (χ0v) is 14.2. The summed E-state index contributed by atoms with van der Waals surface area (Å²) in [7, 11) is -3.76. The third-order valence-corrected chi connectivity index (χ3v) is 7.64. The van der Waals surface area contributed by atoms with Crippen molar-refractivity contribution in [3.05, 3.63) is 15.9 Å². The van der Waals surface area contributed by atoms with Gasteiger partial charge in [0, 0.05) is 10.0 Å². The fourth-order valence-corrected chi connectivity index (χ4v) is 5.13. The predicted molar refractivity (Wildman–Crippen MR) is 77.8 cm³/mol. The van der Waals surface area contributed by atoms with Crippen LogP contribution in [0.15, 0.2) is 20.1 Å². The topological polar surface area (TPSA) is 83.5 Å². The van der Waals surface area contributed by atoms with E-state index >= 15 is 0 Å². The Morgan fingerprint density at radius 3 is 2.26 bits per heavy atom. The monoisotopic (exact) mass is 369 g/mol. The maximum absolute atomic E-state index is 12.3. The Kier molecular flexibility index (Phi) is 4.51. The second kappa shape index (κ2) is 5.16. The van der Waals surface area contributed by atoms with Crippen LogP contribution in [0.5, 0.6) is 0 Å². The fraction of sp³-hybridized carbons (Fsp3) is 0.545. The first-order valence-corrected chi connectivity index (χ1v) is 8.58. The maximum Gasteiger partial charge on any atom is 0.310 e. The molecule has 0 atom stereocenters. The minimum Gasteiger partial charge on any atom is -0.481 e. The average molecular weight is 370 g/mol. The molecule has 0 fully saturated rings. The van der Waals surface area contributed by atoms with Gasteiger partial charge in [-0.2, -0.15) is 0 Å². The minimum absolute atomic E-state index is 0.141. The highest BCUT2D eigenvalue weighted by molar-refractivity contribution is 9.10. The van der Waals surface area contributed by atoms with Crippen LogP contribution in [0.1, 0.15) is 27.7 Å². The number of halogens is 1. The summed E-state index contributed by atoms with van der Waals surface area (Å²) in [6.45, 7) is 6.09. The van der Waals surface area contributed by atoms with Gasteiger partial charge in [0.1, 0.15) is 4.21 Å². The van der Waals surface area contributed by atoms with Crippen LogP contribution in [-0.2, 0) is 14.8 Å². The molecule has 1 aromatic rings. The lowest BCUT2D eigenvalue weighted by atomic mass is 9.75. The Morgan fingerprint density at radius 1 is 1.37 bits per heavy atom. The molecule has 0 aliphatic heterocycles. The number of sulfonamides is 1. The van der Waals surface area contributed by atoms with Crippen molar-refractivity contribution in [2.24, 2.45) is 5.41 Å². The molecule has 0 aliphatic carbocycles. The highest BCUT2D eigenvalue weighted by Crippen LogP contribution is 2.34. The van der Waals surface area contributed by atoms with E-state index in [2.05, 4.69) is 20.7 Å². The van der Waals surface area contributed by atoms with Gasteiger partial charge in [-0.15, -0.1) is 11.3 Å². The van der Waals surface area contributed by atoms with Crippen LogP contribution in [-0.4, -0.2) is 25.0 Å². The molecular formula is C11H16BrNO4S2. The molecule has 108 valence electrons. The average Bonchev–Trinajstić information content (AvgIpc) is 2.62. The van der Waals surface area contributed by atoms with Crippen molar-refractivity contribution < 1.29 is 18.3 Å². The number of rotatable bonds is 5. The van der Waals surface area contributed by atoms with Gasteiger partial charge in [0.05, 0.1) is 5.41 Å². The van der Waals surface area contributed by atoms with Crippen LogP contribution in [0.2, 0.25) is 0 Å². The standard InChI is InChI=1S/C11H16BrNO4S2/c1-10(2,9(14)15)11(3,4)13-19(16,17)8-7(12)5-6-18-8/h5-6,13H,1-4H3,(H,14,15). The van der Waals surface area contributed by atoms with Crippen molar-refractivity contribution >= 4 is 43.3 Å². The van der Waals surface area contributed by atoms with E-state index in [1.54, 1.807) is 25.3 Å². The van der Waals surface area contributed by atoms with Gasteiger partial charge in [0.2, 0.25) is 0 Å². The fourth-order valence-electron chi connectivity index (χ4n) is 1.25. The van der Waals surface area contributed by atoms with E-state index in [1.807, 2.05) is 0 Å². The summed E-state index contributed by atoms with van der Waals surface area (Å²) in [5.74, 6) is -1.06. The smallest absolute Gasteiger partial charge is 0.310 e. The molecule has 0 saturated heterocycles. The van der Waals surface area contributed by atoms with Gasteiger partial charge in [0.25, 0.3) is 10.0 Å². The lowest BCUT2D eigenvalue weighted by molar-refractivity contribution is -0.150. The molecule has 0 unspecified atom stereocenters. The van der Waals surface area contributed by atoms with Crippen LogP contribution in [0.3, 0.4) is 0 Å². The molecule has 5 nitrogen and oxygen atoms in total. The van der Waals surface area contributed by atoms with Crippen molar-refractivity contribution in [3.63, 3.8) is 0 Å². The lowest BCUT2D eigenvalue weighted by Crippen LogP contribution is -2.56. The van der Waals surface area contributed by atoms with Crippen molar-refractivity contribution in [2.75, 3.05) is 0 Å². The Morgan fingerprint density at radius 2 is 1.89 bits per heavy atom. The molecule has 2 N–H and O–H groups in total. The van der Waals surface area contributed by atoms with E-state index in [0.29, 0.717) is 4.47 Å². The van der Waals surface area contributed by atoms with Crippen molar-refractivity contribution in [1.29, 1.82) is 0 Å². The number of hydrogen-bond acceptors (Lipinski definition) is 4. The second-order valence-corrected chi connectivity index (χ2v) is 8.86. The van der Waals surface area contributed by atoms with Crippen molar-refractivity contribution in [2.45, 2.75) is 37.4 Å². The molecule has 1 rings (SSSR count). The first kappa shape index (κ1) is 16.6. The summed E-state index contributed by atoms with van der Waals surface area (Å²) in [6, 6.07) is 1.63. The van der Waals surface area contributed by atoms with E-state index in [0.717, 1.165) is 11.3 Å². The van der Waals surface area contributed by atoms with Gasteiger partial charge in [-0.1, -0.05) is 0 Å². The SMILES string of the molecule is CC(C)(NS(=O)(=O)c1sccc1Br)C(C)(C)C(=O)O. The largest absolute Gasteiger partial charge is 0.481 e. The van der Waals surface area contributed by atoms with Crippen LogP contribution in [0, 0.1) is 5.41 Å². The lowest BCUT2D eigenvalue weighted by Gasteiger charge is -2.38. The van der Waals surface area contributed by atoms with Crippen molar-refractivity contribution in [3.8, 4) is 0 Å². The highest BCUT2D eigenvalue weighted by atomic mass is 79.9. The molecule has 1 heterocycles. The Labute approximate surface area is 125 Å². The van der Waals surface area contributed by atoms with Gasteiger partial charge >= 0.3 is 5.97 Å². The van der Waals surface area contributed by atoms with E-state index in [4.69, 9.17) is 0 Å². The first-order chi connectivity index (χ1) is 8.42. The van der Waals surface area contributed by atoms with E-state index in [1.165, 1.54) is 13.8 Å². The number of nitrogens with one attached hydrogen (secondary N) is 1. The summed E-state index contributed by atoms with van der Waals surface area (Å²) in [4.78, 5) is 11.3. The molecule has 8 heteroatoms. The van der Waals surface area contributed by atoms with Gasteiger partial charge < -0.3 is 5.11 Å². The third kappa shape index (κ3) is 3.18. The van der Waals surface area contributed by atoms with E-state index in [9.17, 15) is 18.3 Å². The predicted octanol–water partition coefficient (Wildman–Crippen LogP) is 2.68. The Bertz CT molecular complexity index is 590. The van der Waals surface area contributed by atoms with Crippen LogP contribution in [0.4, 0.5) is 0 Å². The molecule has 1 aromatic heterocycles. The van der Waals surface area contributed by atoms with Crippen LogP contribution >= 0.6 is 27.3 Å². The second-order valence-electron chi connectivity index (χ2n) is 5.22. The molecule has 0 radical (unpaired) electrons. The summed E-state index contributed by atoms with van der Waals surface area (Å²) in [5.41, 5.74) is -2.38. The van der Waals surface area contributed by atoms with Gasteiger partial charge in [0.15, 0.2) is 0 Å². The zero-order chi connectivity index (χ0) is 15.1. The summed E-state index contributed by atoms with van der Waals surface area (Å²) < 4.78 is 27.6. The normalized spacial score (nSPS) is 13.5. The van der Waals surface area contributed by atoms with Crippen molar-refractivity contribution in [1.82, 2.24) is 4.72 Å². The molecule has 0 aliphatic rings. The Hall–Kier alpha value is -0.440. The van der Waals surface area contributed by atoms with Gasteiger partial charge in [-0.05, 0) is 55.1 Å². The van der Waals surface area contributed by atoms with Crippen LogP contribution < -0.4 is 4.72 Å². The molecule has 19 heavy (non-hydrogen) atoms. The maximum atomic E-state index is 12.3. The zero-order valence-electron chi connectivity index (χ0n) is 11.0. The van der Waals surface area contributed by atoms with E-state index in [-0.39, 0.29) is 4.21 Å². The number of hydrogen-bond donors (Lipinski definition) is 2. The first-order valence-electron chi connectivity index (χ1n) is 5.42. The van der Waals surface area contributed by atoms with E-state index < -0.39 is 26.9 Å². The van der Waals surface area contributed by atoms with Crippen LogP contribution in [0.25, 0.3) is 0 Å². The summed E-state index contributed by atoms with van der Waals surface area (Å²) >= 11 is 4.24. The molecular weight excluding hydrogens is 354 g/mol. The number of thiophene rings is 1. The highest BCUT2D eigenvalue weighted by Gasteiger charge is 2.46. The van der Waals surface area contributed by atoms with Gasteiger partial charge in [-0.25, -0.2) is 13.1 Å². The van der Waals surface area contributed by atoms with Gasteiger partial charge in [-0.3, -0.25) is 4.79 Å². The summed E-state index contributed by atoms with van der Waals surface area (Å²) in [5, 5.41) is 10.9. The number of carbonyl (C=O) groups is 1. The third-order valence-electron chi connectivity index (χ3n) is 3.32. The molecule has 0 aromatic carbocycles. The minimum atomic E-state index is -3.76. The Balaban J connectivity index is 3.15. The number of carboxylic acid groups (broad SMARTS) is 1. The molecule has 0 amide bonds. The number of aliphatic carboxylic acids is 1. The quantitative estimate of drug-likeness (QED) is 0.835. The summed E-state index contributed by atoms with van der Waals surface area (Å²) in [6.07, 6.45) is 0. The molecule has 0 saturated carbocycles.